The van der Waals surface area contributed by atoms with E-state index in [2.05, 4.69) is 0 Å². The molecule has 3 rings (SSSR count). The van der Waals surface area contributed by atoms with E-state index in [1.54, 1.807) is 28.9 Å². The summed E-state index contributed by atoms with van der Waals surface area (Å²) >= 11 is 0. The van der Waals surface area contributed by atoms with E-state index in [9.17, 15) is 14.0 Å². The van der Waals surface area contributed by atoms with Crippen molar-refractivity contribution >= 4 is 24.2 Å². The molecule has 2 N–H and O–H groups in total. The molecule has 7 heteroatoms. The van der Waals surface area contributed by atoms with Crippen molar-refractivity contribution < 1.29 is 14.0 Å². The van der Waals surface area contributed by atoms with E-state index in [-0.39, 0.29) is 42.0 Å². The minimum Gasteiger partial charge on any atom is -0.339 e. The van der Waals surface area contributed by atoms with Gasteiger partial charge in [-0.1, -0.05) is 43.3 Å². The van der Waals surface area contributed by atoms with Crippen LogP contribution in [0, 0.1) is 18.7 Å². The zero-order valence-corrected chi connectivity index (χ0v) is 17.5. The van der Waals surface area contributed by atoms with Gasteiger partial charge in [0.1, 0.15) is 5.82 Å². The van der Waals surface area contributed by atoms with Crippen molar-refractivity contribution in [2.75, 3.05) is 26.2 Å². The molecular formula is C22H27ClFN3O2. The quantitative estimate of drug-likeness (QED) is 0.827. The second-order valence-corrected chi connectivity index (χ2v) is 7.31. The molecule has 1 aliphatic rings. The van der Waals surface area contributed by atoms with Gasteiger partial charge in [0.25, 0.3) is 5.91 Å². The maximum atomic E-state index is 13.7. The molecule has 1 aliphatic heterocycles. The number of rotatable bonds is 4. The SMILES string of the molecule is Cc1ccc(C(=O)N2CCN(C(=O)C(C)C(N)c3ccccc3)CC2)cc1F.Cl. The van der Waals surface area contributed by atoms with Crippen LogP contribution in [-0.2, 0) is 4.79 Å². The molecular weight excluding hydrogens is 393 g/mol. The maximum absolute atomic E-state index is 13.7. The minimum absolute atomic E-state index is 0. The lowest BCUT2D eigenvalue weighted by Crippen LogP contribution is -2.52. The highest BCUT2D eigenvalue weighted by molar-refractivity contribution is 5.94. The van der Waals surface area contributed by atoms with Crippen molar-refractivity contribution in [2.45, 2.75) is 19.9 Å². The molecule has 2 unspecified atom stereocenters. The fourth-order valence-electron chi connectivity index (χ4n) is 3.44. The van der Waals surface area contributed by atoms with Crippen LogP contribution in [0.1, 0.15) is 34.5 Å². The Labute approximate surface area is 177 Å². The fourth-order valence-corrected chi connectivity index (χ4v) is 3.44. The van der Waals surface area contributed by atoms with Gasteiger partial charge >= 0.3 is 0 Å². The Balaban J connectivity index is 0.00000300. The second kappa shape index (κ2) is 9.85. The molecule has 2 aromatic rings. The first kappa shape index (κ1) is 22.8. The van der Waals surface area contributed by atoms with Gasteiger partial charge < -0.3 is 15.5 Å². The molecule has 0 aliphatic carbocycles. The van der Waals surface area contributed by atoms with Gasteiger partial charge in [-0.3, -0.25) is 9.59 Å². The zero-order valence-electron chi connectivity index (χ0n) is 16.7. The lowest BCUT2D eigenvalue weighted by atomic mass is 9.94. The molecule has 2 atom stereocenters. The molecule has 1 fully saturated rings. The molecule has 0 saturated carbocycles. The number of hydrogen-bond donors (Lipinski definition) is 1. The van der Waals surface area contributed by atoms with Crippen molar-refractivity contribution in [1.82, 2.24) is 9.80 Å². The summed E-state index contributed by atoms with van der Waals surface area (Å²) in [5.74, 6) is -0.955. The Morgan fingerprint density at radius 1 is 1.00 bits per heavy atom. The largest absolute Gasteiger partial charge is 0.339 e. The van der Waals surface area contributed by atoms with Crippen LogP contribution in [-0.4, -0.2) is 47.8 Å². The topological polar surface area (TPSA) is 66.6 Å². The first-order valence-electron chi connectivity index (χ1n) is 9.53. The Morgan fingerprint density at radius 2 is 1.59 bits per heavy atom. The standard InChI is InChI=1S/C22H26FN3O2.ClH/c1-15-8-9-18(14-19(15)23)22(28)26-12-10-25(11-13-26)21(27)16(2)20(24)17-6-4-3-5-7-17;/h3-9,14,16,20H,10-13,24H2,1-2H3;1H. The number of aryl methyl sites for hydroxylation is 1. The molecule has 5 nitrogen and oxygen atoms in total. The molecule has 0 radical (unpaired) electrons. The van der Waals surface area contributed by atoms with Crippen molar-refractivity contribution in [3.05, 3.63) is 71.0 Å². The highest BCUT2D eigenvalue weighted by Crippen LogP contribution is 2.22. The zero-order chi connectivity index (χ0) is 20.3. The first-order chi connectivity index (χ1) is 13.4. The molecule has 0 bridgehead atoms. The number of amides is 2. The van der Waals surface area contributed by atoms with Gasteiger partial charge in [0.15, 0.2) is 0 Å². The third-order valence-corrected chi connectivity index (χ3v) is 5.41. The van der Waals surface area contributed by atoms with Crippen molar-refractivity contribution in [1.29, 1.82) is 0 Å². The summed E-state index contributed by atoms with van der Waals surface area (Å²) in [7, 11) is 0. The van der Waals surface area contributed by atoms with E-state index >= 15 is 0 Å². The number of benzene rings is 2. The summed E-state index contributed by atoms with van der Waals surface area (Å²) in [5, 5.41) is 0. The Bertz CT molecular complexity index is 854. The highest BCUT2D eigenvalue weighted by atomic mass is 35.5. The number of hydrogen-bond acceptors (Lipinski definition) is 3. The first-order valence-corrected chi connectivity index (χ1v) is 9.53. The van der Waals surface area contributed by atoms with Crippen molar-refractivity contribution in [3.8, 4) is 0 Å². The molecule has 2 aromatic carbocycles. The van der Waals surface area contributed by atoms with Gasteiger partial charge in [-0.05, 0) is 30.2 Å². The average Bonchev–Trinajstić information content (AvgIpc) is 2.74. The van der Waals surface area contributed by atoms with Crippen LogP contribution >= 0.6 is 12.4 Å². The van der Waals surface area contributed by atoms with Crippen molar-refractivity contribution in [2.24, 2.45) is 11.7 Å². The number of halogens is 2. The van der Waals surface area contributed by atoms with E-state index in [1.165, 1.54) is 6.07 Å². The van der Waals surface area contributed by atoms with Crippen LogP contribution in [0.4, 0.5) is 4.39 Å². The van der Waals surface area contributed by atoms with Crippen LogP contribution in [0.3, 0.4) is 0 Å². The summed E-state index contributed by atoms with van der Waals surface area (Å²) in [6, 6.07) is 13.7. The van der Waals surface area contributed by atoms with Gasteiger partial charge in [-0.25, -0.2) is 4.39 Å². The fraction of sp³-hybridized carbons (Fsp3) is 0.364. The van der Waals surface area contributed by atoms with E-state index in [0.717, 1.165) is 5.56 Å². The van der Waals surface area contributed by atoms with Gasteiger partial charge in [-0.2, -0.15) is 0 Å². The smallest absolute Gasteiger partial charge is 0.254 e. The van der Waals surface area contributed by atoms with E-state index in [4.69, 9.17) is 5.73 Å². The van der Waals surface area contributed by atoms with Crippen LogP contribution in [0.5, 0.6) is 0 Å². The van der Waals surface area contributed by atoms with Gasteiger partial charge in [0, 0.05) is 37.8 Å². The van der Waals surface area contributed by atoms with Gasteiger partial charge in [0.05, 0.1) is 5.92 Å². The molecule has 2 amide bonds. The lowest BCUT2D eigenvalue weighted by Gasteiger charge is -2.37. The van der Waals surface area contributed by atoms with Crippen LogP contribution in [0.25, 0.3) is 0 Å². The van der Waals surface area contributed by atoms with E-state index in [0.29, 0.717) is 37.3 Å². The number of carbonyl (C=O) groups is 2. The molecule has 0 aromatic heterocycles. The van der Waals surface area contributed by atoms with Crippen LogP contribution in [0.2, 0.25) is 0 Å². The monoisotopic (exact) mass is 419 g/mol. The summed E-state index contributed by atoms with van der Waals surface area (Å²) in [5.41, 5.74) is 8.05. The third kappa shape index (κ3) is 5.14. The number of piperazine rings is 1. The Hall–Kier alpha value is -2.44. The normalized spacial score (nSPS) is 16.0. The molecule has 1 saturated heterocycles. The minimum atomic E-state index is -0.386. The summed E-state index contributed by atoms with van der Waals surface area (Å²) < 4.78 is 13.7. The predicted molar refractivity (Wildman–Crippen MR) is 113 cm³/mol. The van der Waals surface area contributed by atoms with E-state index in [1.807, 2.05) is 37.3 Å². The average molecular weight is 420 g/mol. The number of carbonyl (C=O) groups excluding carboxylic acids is 2. The molecule has 1 heterocycles. The summed E-state index contributed by atoms with van der Waals surface area (Å²) in [6.45, 7) is 5.25. The second-order valence-electron chi connectivity index (χ2n) is 7.31. The number of nitrogens with two attached hydrogens (primary N) is 1. The summed E-state index contributed by atoms with van der Waals surface area (Å²) in [4.78, 5) is 28.9. The maximum Gasteiger partial charge on any atom is 0.254 e. The number of nitrogens with zero attached hydrogens (tertiary/aromatic N) is 2. The van der Waals surface area contributed by atoms with Gasteiger partial charge in [0.2, 0.25) is 5.91 Å². The molecule has 29 heavy (non-hydrogen) atoms. The van der Waals surface area contributed by atoms with Crippen LogP contribution < -0.4 is 5.73 Å². The van der Waals surface area contributed by atoms with Crippen LogP contribution in [0.15, 0.2) is 48.5 Å². The molecule has 0 spiro atoms. The predicted octanol–water partition coefficient (Wildman–Crippen LogP) is 3.18. The third-order valence-electron chi connectivity index (χ3n) is 5.41. The van der Waals surface area contributed by atoms with Gasteiger partial charge in [-0.15, -0.1) is 12.4 Å². The summed E-state index contributed by atoms with van der Waals surface area (Å²) in [6.07, 6.45) is 0. The van der Waals surface area contributed by atoms with E-state index < -0.39 is 0 Å². The molecule has 156 valence electrons. The highest BCUT2D eigenvalue weighted by Gasteiger charge is 2.30. The Morgan fingerprint density at radius 3 is 2.17 bits per heavy atom. The Kier molecular flexibility index (Phi) is 7.76. The lowest BCUT2D eigenvalue weighted by molar-refractivity contribution is -0.137. The van der Waals surface area contributed by atoms with Crippen molar-refractivity contribution in [3.63, 3.8) is 0 Å².